The zero-order valence-electron chi connectivity index (χ0n) is 14.4. The first-order chi connectivity index (χ1) is 12.9. The molecule has 2 aliphatic rings. The first-order valence-corrected chi connectivity index (χ1v) is 10.6. The molecule has 0 aromatic heterocycles. The summed E-state index contributed by atoms with van der Waals surface area (Å²) in [6.07, 6.45) is 5.47. The van der Waals surface area contributed by atoms with E-state index in [1.54, 1.807) is 11.0 Å². The molecule has 1 aromatic carbocycles. The number of carbonyl (C=O) groups excluding carboxylic acids is 3. The van der Waals surface area contributed by atoms with Crippen LogP contribution < -0.4 is 0 Å². The molecule has 0 unspecified atom stereocenters. The molecule has 2 aliphatic heterocycles. The van der Waals surface area contributed by atoms with Crippen molar-refractivity contribution in [3.05, 3.63) is 32.1 Å². The van der Waals surface area contributed by atoms with Crippen LogP contribution in [0.4, 0.5) is 4.79 Å². The van der Waals surface area contributed by atoms with E-state index in [9.17, 15) is 19.5 Å². The number of imide groups is 1. The molecule has 0 radical (unpaired) electrons. The van der Waals surface area contributed by atoms with Gasteiger partial charge in [-0.2, -0.15) is 0 Å². The molecule has 9 heteroatoms. The van der Waals surface area contributed by atoms with E-state index in [4.69, 9.17) is 11.6 Å². The number of carbonyl (C=O) groups is 3. The average molecular weight is 474 g/mol. The van der Waals surface area contributed by atoms with Crippen LogP contribution in [0.2, 0.25) is 5.02 Å². The number of aromatic hydroxyl groups is 1. The minimum Gasteiger partial charge on any atom is -0.506 e. The maximum atomic E-state index is 12.6. The molecule has 0 spiro atoms. The predicted molar refractivity (Wildman–Crippen MR) is 109 cm³/mol. The summed E-state index contributed by atoms with van der Waals surface area (Å²) < 4.78 is 0.632. The number of benzene rings is 1. The molecule has 2 heterocycles. The van der Waals surface area contributed by atoms with Crippen LogP contribution in [0.15, 0.2) is 21.5 Å². The number of thioether (sulfide) groups is 1. The van der Waals surface area contributed by atoms with Crippen molar-refractivity contribution < 1.29 is 19.5 Å². The number of rotatable bonds is 3. The van der Waals surface area contributed by atoms with Gasteiger partial charge in [0.1, 0.15) is 12.3 Å². The van der Waals surface area contributed by atoms with Gasteiger partial charge in [-0.15, -0.1) is 0 Å². The standard InChI is InChI=1S/C18H18BrClN2O4S/c19-12-7-11(16(24)13(20)9-12)8-14-17(25)22(18(26)27-14)10-15(23)21-5-3-1-2-4-6-21/h7-9,24H,1-6,10H2. The number of phenolic OH excluding ortho intramolecular Hbond substituents is 1. The lowest BCUT2D eigenvalue weighted by molar-refractivity contribution is -0.135. The van der Waals surface area contributed by atoms with Gasteiger partial charge in [-0.05, 0) is 42.8 Å². The molecule has 6 nitrogen and oxygen atoms in total. The van der Waals surface area contributed by atoms with Crippen molar-refractivity contribution in [1.29, 1.82) is 0 Å². The van der Waals surface area contributed by atoms with Crippen LogP contribution in [0, 0.1) is 0 Å². The minimum absolute atomic E-state index is 0.131. The van der Waals surface area contributed by atoms with E-state index < -0.39 is 11.1 Å². The van der Waals surface area contributed by atoms with Gasteiger partial charge in [0.25, 0.3) is 11.1 Å². The third kappa shape index (κ3) is 4.67. The lowest BCUT2D eigenvalue weighted by Crippen LogP contribution is -2.42. The van der Waals surface area contributed by atoms with Crippen molar-refractivity contribution in [2.24, 2.45) is 0 Å². The largest absolute Gasteiger partial charge is 0.506 e. The molecule has 0 saturated carbocycles. The Bertz CT molecular complexity index is 822. The molecule has 2 saturated heterocycles. The maximum absolute atomic E-state index is 12.6. The number of hydrogen-bond acceptors (Lipinski definition) is 5. The summed E-state index contributed by atoms with van der Waals surface area (Å²) in [5.74, 6) is -0.926. The third-order valence-corrected chi connectivity index (χ3v) is 6.12. The zero-order valence-corrected chi connectivity index (χ0v) is 17.6. The molecule has 0 bridgehead atoms. The first-order valence-electron chi connectivity index (χ1n) is 8.58. The molecule has 3 rings (SSSR count). The second kappa shape index (κ2) is 8.67. The molecule has 144 valence electrons. The number of hydrogen-bond donors (Lipinski definition) is 1. The minimum atomic E-state index is -0.538. The summed E-state index contributed by atoms with van der Waals surface area (Å²) in [5.41, 5.74) is 0.318. The Morgan fingerprint density at radius 3 is 2.56 bits per heavy atom. The summed E-state index contributed by atoms with van der Waals surface area (Å²) in [6, 6.07) is 3.12. The fourth-order valence-corrected chi connectivity index (χ4v) is 4.69. The first kappa shape index (κ1) is 20.2. The molecule has 3 amide bonds. The highest BCUT2D eigenvalue weighted by Gasteiger charge is 2.37. The third-order valence-electron chi connectivity index (χ3n) is 4.47. The van der Waals surface area contributed by atoms with Crippen LogP contribution in [-0.4, -0.2) is 51.6 Å². The number of halogens is 2. The van der Waals surface area contributed by atoms with Crippen LogP contribution in [0.5, 0.6) is 5.75 Å². The molecule has 1 N–H and O–H groups in total. The smallest absolute Gasteiger partial charge is 0.294 e. The number of nitrogens with zero attached hydrogens (tertiary/aromatic N) is 2. The molecule has 27 heavy (non-hydrogen) atoms. The highest BCUT2D eigenvalue weighted by atomic mass is 79.9. The van der Waals surface area contributed by atoms with Crippen LogP contribution >= 0.6 is 39.3 Å². The monoisotopic (exact) mass is 472 g/mol. The van der Waals surface area contributed by atoms with Crippen molar-refractivity contribution in [2.75, 3.05) is 19.6 Å². The van der Waals surface area contributed by atoms with Crippen LogP contribution in [0.3, 0.4) is 0 Å². The number of amides is 3. The van der Waals surface area contributed by atoms with Crippen LogP contribution in [-0.2, 0) is 9.59 Å². The van der Waals surface area contributed by atoms with E-state index in [-0.39, 0.29) is 28.1 Å². The molecule has 0 aliphatic carbocycles. The lowest BCUT2D eigenvalue weighted by Gasteiger charge is -2.22. The quantitative estimate of drug-likeness (QED) is 0.664. The summed E-state index contributed by atoms with van der Waals surface area (Å²) in [7, 11) is 0. The van der Waals surface area contributed by atoms with Gasteiger partial charge in [-0.25, -0.2) is 0 Å². The Morgan fingerprint density at radius 1 is 1.22 bits per heavy atom. The Morgan fingerprint density at radius 2 is 1.89 bits per heavy atom. The van der Waals surface area contributed by atoms with Crippen molar-refractivity contribution >= 4 is 62.4 Å². The van der Waals surface area contributed by atoms with Crippen molar-refractivity contribution in [3.63, 3.8) is 0 Å². The number of phenols is 1. The molecule has 2 fully saturated rings. The Kier molecular flexibility index (Phi) is 6.49. The van der Waals surface area contributed by atoms with Crippen molar-refractivity contribution in [2.45, 2.75) is 25.7 Å². The normalized spacial score (nSPS) is 19.7. The van der Waals surface area contributed by atoms with Gasteiger partial charge >= 0.3 is 0 Å². The zero-order chi connectivity index (χ0) is 19.6. The predicted octanol–water partition coefficient (Wildman–Crippen LogP) is 4.25. The Balaban J connectivity index is 1.76. The van der Waals surface area contributed by atoms with E-state index in [0.29, 0.717) is 23.1 Å². The van der Waals surface area contributed by atoms with Crippen LogP contribution in [0.1, 0.15) is 31.2 Å². The van der Waals surface area contributed by atoms with Crippen molar-refractivity contribution in [3.8, 4) is 5.75 Å². The van der Waals surface area contributed by atoms with Gasteiger partial charge < -0.3 is 10.0 Å². The van der Waals surface area contributed by atoms with E-state index in [0.717, 1.165) is 42.3 Å². The summed E-state index contributed by atoms with van der Waals surface area (Å²) in [4.78, 5) is 40.2. The molecule has 1 aromatic rings. The molecular weight excluding hydrogens is 456 g/mol. The Hall–Kier alpha value is -1.51. The van der Waals surface area contributed by atoms with E-state index in [1.807, 2.05) is 0 Å². The summed E-state index contributed by atoms with van der Waals surface area (Å²) in [5, 5.41) is 9.71. The van der Waals surface area contributed by atoms with Gasteiger partial charge in [-0.3, -0.25) is 19.3 Å². The number of likely N-dealkylation sites (tertiary alicyclic amines) is 1. The second-order valence-corrected chi connectivity index (χ2v) is 8.70. The van der Waals surface area contributed by atoms with Gasteiger partial charge in [0.05, 0.1) is 9.93 Å². The second-order valence-electron chi connectivity index (χ2n) is 6.39. The van der Waals surface area contributed by atoms with Crippen LogP contribution in [0.25, 0.3) is 6.08 Å². The van der Waals surface area contributed by atoms with E-state index >= 15 is 0 Å². The summed E-state index contributed by atoms with van der Waals surface area (Å²) in [6.45, 7) is 1.07. The Labute approximate surface area is 174 Å². The highest BCUT2D eigenvalue weighted by molar-refractivity contribution is 9.10. The SMILES string of the molecule is O=C(CN1C(=O)SC(=Cc2cc(Br)cc(Cl)c2O)C1=O)N1CCCCCC1. The molecular formula is C18H18BrClN2O4S. The maximum Gasteiger partial charge on any atom is 0.294 e. The van der Waals surface area contributed by atoms with E-state index in [1.165, 1.54) is 12.1 Å². The van der Waals surface area contributed by atoms with Gasteiger partial charge in [0, 0.05) is 23.1 Å². The van der Waals surface area contributed by atoms with Gasteiger partial charge in [0.15, 0.2) is 0 Å². The lowest BCUT2D eigenvalue weighted by atomic mass is 10.2. The highest BCUT2D eigenvalue weighted by Crippen LogP contribution is 2.37. The fraction of sp³-hybridized carbons (Fsp3) is 0.389. The van der Waals surface area contributed by atoms with Gasteiger partial charge in [0.2, 0.25) is 5.91 Å². The van der Waals surface area contributed by atoms with E-state index in [2.05, 4.69) is 15.9 Å². The average Bonchev–Trinajstić information content (AvgIpc) is 2.83. The molecule has 0 atom stereocenters. The van der Waals surface area contributed by atoms with Crippen molar-refractivity contribution in [1.82, 2.24) is 9.80 Å². The topological polar surface area (TPSA) is 77.9 Å². The fourth-order valence-electron chi connectivity index (χ4n) is 3.03. The summed E-state index contributed by atoms with van der Waals surface area (Å²) >= 11 is 9.96. The van der Waals surface area contributed by atoms with Gasteiger partial charge in [-0.1, -0.05) is 40.4 Å².